The smallest absolute Gasteiger partial charge is 0.273 e. The molecule has 0 spiro atoms. The lowest BCUT2D eigenvalue weighted by Crippen LogP contribution is -2.48. The molecule has 0 saturated carbocycles. The predicted molar refractivity (Wildman–Crippen MR) is 88.9 cm³/mol. The fourth-order valence-electron chi connectivity index (χ4n) is 3.19. The van der Waals surface area contributed by atoms with E-state index < -0.39 is 23.0 Å². The lowest BCUT2D eigenvalue weighted by molar-refractivity contribution is 0.0933. The van der Waals surface area contributed by atoms with Crippen molar-refractivity contribution in [2.24, 2.45) is 0 Å². The van der Waals surface area contributed by atoms with Crippen LogP contribution in [0.2, 0.25) is 0 Å². The number of hydrogen-bond acceptors (Lipinski definition) is 5. The largest absolute Gasteiger partial charge is 0.382 e. The number of carbonyl (C=O) groups excluding carboxylic acids is 1. The number of benzene rings is 1. The normalized spacial score (nSPS) is 16.4. The van der Waals surface area contributed by atoms with E-state index in [1.807, 2.05) is 0 Å². The van der Waals surface area contributed by atoms with Crippen LogP contribution in [0.1, 0.15) is 28.9 Å². The summed E-state index contributed by atoms with van der Waals surface area (Å²) >= 11 is 0. The molecule has 8 heteroatoms. The van der Waals surface area contributed by atoms with Crippen molar-refractivity contribution < 1.29 is 13.6 Å². The number of amides is 1. The number of nitrogens with one attached hydrogen (secondary N) is 2. The zero-order valence-electron chi connectivity index (χ0n) is 13.6. The fourth-order valence-corrected chi connectivity index (χ4v) is 3.19. The van der Waals surface area contributed by atoms with Crippen molar-refractivity contribution in [3.63, 3.8) is 0 Å². The molecule has 0 unspecified atom stereocenters. The van der Waals surface area contributed by atoms with Gasteiger partial charge in [-0.3, -0.25) is 4.79 Å². The summed E-state index contributed by atoms with van der Waals surface area (Å²) in [5.41, 5.74) is 5.70. The quantitative estimate of drug-likeness (QED) is 0.777. The average molecular weight is 347 g/mol. The molecular weight excluding hydrogens is 328 g/mol. The van der Waals surface area contributed by atoms with Gasteiger partial charge in [-0.05, 0) is 43.6 Å². The number of nitrogens with two attached hydrogens (primary N) is 1. The molecule has 1 aromatic heterocycles. The molecule has 4 N–H and O–H groups in total. The van der Waals surface area contributed by atoms with Crippen molar-refractivity contribution in [1.29, 1.82) is 0 Å². The van der Waals surface area contributed by atoms with Crippen LogP contribution in [-0.4, -0.2) is 35.5 Å². The first-order valence-electron chi connectivity index (χ1n) is 8.02. The number of rotatable bonds is 4. The van der Waals surface area contributed by atoms with Gasteiger partial charge in [0.1, 0.15) is 11.6 Å². The first-order valence-corrected chi connectivity index (χ1v) is 8.02. The summed E-state index contributed by atoms with van der Waals surface area (Å²) in [5.74, 6) is -1.67. The van der Waals surface area contributed by atoms with Crippen LogP contribution >= 0.6 is 0 Å². The van der Waals surface area contributed by atoms with E-state index in [1.54, 1.807) is 0 Å². The summed E-state index contributed by atoms with van der Waals surface area (Å²) < 4.78 is 27.4. The number of nitrogens with zero attached hydrogens (tertiary/aromatic N) is 2. The van der Waals surface area contributed by atoms with Gasteiger partial charge in [0.2, 0.25) is 0 Å². The lowest BCUT2D eigenvalue weighted by atomic mass is 9.73. The van der Waals surface area contributed by atoms with Gasteiger partial charge in [0.05, 0.1) is 0 Å². The van der Waals surface area contributed by atoms with Gasteiger partial charge in [-0.25, -0.2) is 18.7 Å². The number of anilines is 1. The predicted octanol–water partition coefficient (Wildman–Crippen LogP) is 1.39. The molecule has 1 saturated heterocycles. The number of halogens is 2. The molecule has 2 aromatic rings. The van der Waals surface area contributed by atoms with Crippen LogP contribution in [0.3, 0.4) is 0 Å². The highest BCUT2D eigenvalue weighted by Gasteiger charge is 2.35. The number of nitrogen functional groups attached to an aromatic ring is 1. The lowest BCUT2D eigenvalue weighted by Gasteiger charge is -2.38. The van der Waals surface area contributed by atoms with E-state index in [4.69, 9.17) is 5.73 Å². The molecule has 0 radical (unpaired) electrons. The second kappa shape index (κ2) is 7.10. The topological polar surface area (TPSA) is 92.9 Å². The highest BCUT2D eigenvalue weighted by atomic mass is 19.1. The Kier molecular flexibility index (Phi) is 4.89. The van der Waals surface area contributed by atoms with Crippen molar-refractivity contribution in [3.05, 3.63) is 53.5 Å². The Bertz CT molecular complexity index is 757. The maximum atomic E-state index is 13.7. The van der Waals surface area contributed by atoms with E-state index in [0.29, 0.717) is 31.5 Å². The Hall–Kier alpha value is -2.61. The van der Waals surface area contributed by atoms with E-state index in [1.165, 1.54) is 24.5 Å². The van der Waals surface area contributed by atoms with Crippen LogP contribution in [0, 0.1) is 11.6 Å². The standard InChI is InChI=1S/C17H19F2N5O/c18-12-7-11(8-13(19)9-12)17(1-3-21-4-2-17)10-24-16(25)14-15(20)23-6-5-22-14/h5-9,21H,1-4,10H2,(H2,20,23)(H,24,25). The summed E-state index contributed by atoms with van der Waals surface area (Å²) in [4.78, 5) is 20.1. The average Bonchev–Trinajstić information content (AvgIpc) is 2.60. The molecule has 3 rings (SSSR count). The summed E-state index contributed by atoms with van der Waals surface area (Å²) in [5, 5.41) is 6.02. The Labute approximate surface area is 143 Å². The molecule has 1 amide bonds. The van der Waals surface area contributed by atoms with E-state index in [2.05, 4.69) is 20.6 Å². The minimum atomic E-state index is -0.627. The minimum absolute atomic E-state index is 0.0381. The van der Waals surface area contributed by atoms with Crippen LogP contribution in [0.5, 0.6) is 0 Å². The molecule has 6 nitrogen and oxygen atoms in total. The van der Waals surface area contributed by atoms with Gasteiger partial charge in [-0.15, -0.1) is 0 Å². The number of aromatic nitrogens is 2. The Morgan fingerprint density at radius 3 is 2.44 bits per heavy atom. The maximum Gasteiger partial charge on any atom is 0.273 e. The SMILES string of the molecule is Nc1nccnc1C(=O)NCC1(c2cc(F)cc(F)c2)CCNCC1. The van der Waals surface area contributed by atoms with Crippen LogP contribution in [-0.2, 0) is 5.41 Å². The highest BCUT2D eigenvalue weighted by molar-refractivity contribution is 5.96. The molecule has 1 aliphatic heterocycles. The fraction of sp³-hybridized carbons (Fsp3) is 0.353. The van der Waals surface area contributed by atoms with Gasteiger partial charge >= 0.3 is 0 Å². The first kappa shape index (κ1) is 17.2. The van der Waals surface area contributed by atoms with Gasteiger partial charge in [-0.1, -0.05) is 0 Å². The Balaban J connectivity index is 1.84. The summed E-state index contributed by atoms with van der Waals surface area (Å²) in [6.45, 7) is 1.62. The summed E-state index contributed by atoms with van der Waals surface area (Å²) in [6.07, 6.45) is 4.07. The molecular formula is C17H19F2N5O. The van der Waals surface area contributed by atoms with Crippen LogP contribution < -0.4 is 16.4 Å². The third-order valence-corrected chi connectivity index (χ3v) is 4.56. The van der Waals surface area contributed by atoms with Crippen molar-refractivity contribution in [2.45, 2.75) is 18.3 Å². The monoisotopic (exact) mass is 347 g/mol. The molecule has 2 heterocycles. The molecule has 132 valence electrons. The Morgan fingerprint density at radius 2 is 1.80 bits per heavy atom. The van der Waals surface area contributed by atoms with Crippen LogP contribution in [0.15, 0.2) is 30.6 Å². The van der Waals surface area contributed by atoms with Gasteiger partial charge in [0.15, 0.2) is 11.5 Å². The third kappa shape index (κ3) is 3.74. The molecule has 25 heavy (non-hydrogen) atoms. The van der Waals surface area contributed by atoms with Crippen LogP contribution in [0.4, 0.5) is 14.6 Å². The number of carbonyl (C=O) groups is 1. The first-order chi connectivity index (χ1) is 12.0. The second-order valence-electron chi connectivity index (χ2n) is 6.16. The summed E-state index contributed by atoms with van der Waals surface area (Å²) in [6, 6.07) is 3.51. The minimum Gasteiger partial charge on any atom is -0.382 e. The van der Waals surface area contributed by atoms with Gasteiger partial charge < -0.3 is 16.4 Å². The van der Waals surface area contributed by atoms with E-state index in [9.17, 15) is 13.6 Å². The zero-order valence-corrected chi connectivity index (χ0v) is 13.6. The van der Waals surface area contributed by atoms with Crippen molar-refractivity contribution >= 4 is 11.7 Å². The maximum absolute atomic E-state index is 13.7. The van der Waals surface area contributed by atoms with Crippen LogP contribution in [0.25, 0.3) is 0 Å². The van der Waals surface area contributed by atoms with Crippen molar-refractivity contribution in [3.8, 4) is 0 Å². The molecule has 0 atom stereocenters. The molecule has 0 bridgehead atoms. The second-order valence-corrected chi connectivity index (χ2v) is 6.16. The Morgan fingerprint density at radius 1 is 1.16 bits per heavy atom. The molecule has 1 aromatic carbocycles. The number of piperidine rings is 1. The number of hydrogen-bond donors (Lipinski definition) is 3. The summed E-state index contributed by atoms with van der Waals surface area (Å²) in [7, 11) is 0. The van der Waals surface area contributed by atoms with Crippen molar-refractivity contribution in [1.82, 2.24) is 20.6 Å². The van der Waals surface area contributed by atoms with Gasteiger partial charge in [-0.2, -0.15) is 0 Å². The van der Waals surface area contributed by atoms with Crippen molar-refractivity contribution in [2.75, 3.05) is 25.4 Å². The van der Waals surface area contributed by atoms with E-state index in [0.717, 1.165) is 6.07 Å². The third-order valence-electron chi connectivity index (χ3n) is 4.56. The van der Waals surface area contributed by atoms with E-state index >= 15 is 0 Å². The highest BCUT2D eigenvalue weighted by Crippen LogP contribution is 2.34. The van der Waals surface area contributed by atoms with E-state index in [-0.39, 0.29) is 18.1 Å². The van der Waals surface area contributed by atoms with Gasteiger partial charge in [0.25, 0.3) is 5.91 Å². The van der Waals surface area contributed by atoms with Gasteiger partial charge in [0, 0.05) is 30.4 Å². The molecule has 1 fully saturated rings. The molecule has 1 aliphatic rings. The molecule has 0 aliphatic carbocycles. The zero-order chi connectivity index (χ0) is 17.9.